The maximum atomic E-state index is 12.3. The first-order chi connectivity index (χ1) is 13.2. The lowest BCUT2D eigenvalue weighted by Gasteiger charge is -2.25. The number of nitrogens with zero attached hydrogens (tertiary/aromatic N) is 1. The van der Waals surface area contributed by atoms with Gasteiger partial charge in [0.25, 0.3) is 6.02 Å². The highest BCUT2D eigenvalue weighted by Crippen LogP contribution is 2.21. The van der Waals surface area contributed by atoms with Crippen LogP contribution in [0.3, 0.4) is 0 Å². The summed E-state index contributed by atoms with van der Waals surface area (Å²) in [7, 11) is 0. The molecule has 3 rings (SSSR count). The van der Waals surface area contributed by atoms with Gasteiger partial charge in [0.1, 0.15) is 0 Å². The molecule has 0 saturated heterocycles. The van der Waals surface area contributed by atoms with Crippen molar-refractivity contribution in [3.05, 3.63) is 41.5 Å². The first kappa shape index (κ1) is 19.7. The van der Waals surface area contributed by atoms with Gasteiger partial charge in [-0.2, -0.15) is 0 Å². The quantitative estimate of drug-likeness (QED) is 0.345. The number of amidine groups is 1. The van der Waals surface area contributed by atoms with Crippen LogP contribution in [0.25, 0.3) is 6.08 Å². The molecule has 0 spiro atoms. The van der Waals surface area contributed by atoms with E-state index in [0.29, 0.717) is 12.1 Å². The summed E-state index contributed by atoms with van der Waals surface area (Å²) < 4.78 is 5.61. The van der Waals surface area contributed by atoms with Gasteiger partial charge in [-0.1, -0.05) is 68.4 Å². The van der Waals surface area contributed by atoms with Crippen LogP contribution >= 0.6 is 0 Å². The van der Waals surface area contributed by atoms with Crippen LogP contribution in [0.4, 0.5) is 0 Å². The van der Waals surface area contributed by atoms with Crippen molar-refractivity contribution in [2.24, 2.45) is 4.99 Å². The van der Waals surface area contributed by atoms with E-state index in [0.717, 1.165) is 31.2 Å². The van der Waals surface area contributed by atoms with E-state index in [9.17, 15) is 4.79 Å². The number of aliphatic imine (C=N–C) groups is 1. The zero-order valence-electron chi connectivity index (χ0n) is 16.5. The lowest BCUT2D eigenvalue weighted by Crippen LogP contribution is -2.39. The molecule has 0 radical (unpaired) electrons. The SMILES string of the molecule is Cc1ccc(/C=C/C(=O)OC(=NC2CCCCC2)NC2CCCCC2)cc1. The summed E-state index contributed by atoms with van der Waals surface area (Å²) in [6, 6.07) is 9.13. The molecule has 0 atom stereocenters. The molecule has 0 bridgehead atoms. The molecule has 27 heavy (non-hydrogen) atoms. The Hall–Kier alpha value is -2.10. The van der Waals surface area contributed by atoms with E-state index in [-0.39, 0.29) is 12.0 Å². The summed E-state index contributed by atoms with van der Waals surface area (Å²) in [5.74, 6) is -0.367. The first-order valence-electron chi connectivity index (χ1n) is 10.5. The second-order valence-corrected chi connectivity index (χ2v) is 7.87. The van der Waals surface area contributed by atoms with Gasteiger partial charge in [0.15, 0.2) is 0 Å². The average Bonchev–Trinajstić information content (AvgIpc) is 2.69. The molecule has 2 aliphatic carbocycles. The third-order valence-electron chi connectivity index (χ3n) is 5.49. The third kappa shape index (κ3) is 6.85. The van der Waals surface area contributed by atoms with E-state index in [1.807, 2.05) is 31.2 Å². The van der Waals surface area contributed by atoms with E-state index in [1.54, 1.807) is 6.08 Å². The van der Waals surface area contributed by atoms with Gasteiger partial charge in [-0.25, -0.2) is 9.79 Å². The minimum absolute atomic E-state index is 0.277. The number of carbonyl (C=O) groups is 1. The van der Waals surface area contributed by atoms with Crippen LogP contribution in [0.2, 0.25) is 0 Å². The second-order valence-electron chi connectivity index (χ2n) is 7.87. The Balaban J connectivity index is 1.62. The number of hydrogen-bond acceptors (Lipinski definition) is 3. The van der Waals surface area contributed by atoms with Crippen molar-refractivity contribution in [3.8, 4) is 0 Å². The molecule has 4 nitrogen and oxygen atoms in total. The molecule has 0 amide bonds. The maximum Gasteiger partial charge on any atom is 0.338 e. The molecule has 1 N–H and O–H groups in total. The predicted molar refractivity (Wildman–Crippen MR) is 111 cm³/mol. The normalized spacial score (nSPS) is 20.0. The molecule has 0 aromatic heterocycles. The van der Waals surface area contributed by atoms with Crippen LogP contribution in [-0.2, 0) is 9.53 Å². The summed E-state index contributed by atoms with van der Waals surface area (Å²) >= 11 is 0. The Kier molecular flexibility index (Phi) is 7.49. The van der Waals surface area contributed by atoms with Crippen LogP contribution in [0, 0.1) is 6.92 Å². The van der Waals surface area contributed by atoms with E-state index >= 15 is 0 Å². The fourth-order valence-corrected chi connectivity index (χ4v) is 3.86. The highest BCUT2D eigenvalue weighted by Gasteiger charge is 2.19. The minimum Gasteiger partial charge on any atom is -0.389 e. The Bertz CT molecular complexity index is 651. The summed E-state index contributed by atoms with van der Waals surface area (Å²) in [5.41, 5.74) is 2.19. The van der Waals surface area contributed by atoms with Crippen molar-refractivity contribution >= 4 is 18.1 Å². The number of nitrogens with one attached hydrogen (secondary N) is 1. The van der Waals surface area contributed by atoms with Gasteiger partial charge in [-0.15, -0.1) is 0 Å². The summed E-state index contributed by atoms with van der Waals surface area (Å²) in [6.07, 6.45) is 15.2. The van der Waals surface area contributed by atoms with Gasteiger partial charge in [-0.3, -0.25) is 0 Å². The molecule has 2 fully saturated rings. The molecule has 146 valence electrons. The molecule has 4 heteroatoms. The zero-order chi connectivity index (χ0) is 18.9. The van der Waals surface area contributed by atoms with Crippen LogP contribution in [-0.4, -0.2) is 24.1 Å². The van der Waals surface area contributed by atoms with Gasteiger partial charge >= 0.3 is 5.97 Å². The Morgan fingerprint density at radius 2 is 1.63 bits per heavy atom. The lowest BCUT2D eigenvalue weighted by molar-refractivity contribution is -0.130. The average molecular weight is 369 g/mol. The van der Waals surface area contributed by atoms with Crippen LogP contribution in [0.15, 0.2) is 35.3 Å². The number of hydrogen-bond donors (Lipinski definition) is 1. The van der Waals surface area contributed by atoms with Gasteiger partial charge in [-0.05, 0) is 44.2 Å². The molecule has 2 saturated carbocycles. The minimum atomic E-state index is -0.367. The Labute approximate surface area is 163 Å². The molecule has 1 aromatic rings. The van der Waals surface area contributed by atoms with Crippen molar-refractivity contribution in [1.82, 2.24) is 5.32 Å². The fourth-order valence-electron chi connectivity index (χ4n) is 3.86. The highest BCUT2D eigenvalue weighted by atomic mass is 16.6. The smallest absolute Gasteiger partial charge is 0.338 e. The number of benzene rings is 1. The van der Waals surface area contributed by atoms with Crippen molar-refractivity contribution in [3.63, 3.8) is 0 Å². The summed E-state index contributed by atoms with van der Waals surface area (Å²) in [4.78, 5) is 17.1. The van der Waals surface area contributed by atoms with E-state index < -0.39 is 0 Å². The number of aryl methyl sites for hydroxylation is 1. The standard InChI is InChI=1S/C23H32N2O2/c1-18-12-14-19(15-13-18)16-17-22(26)27-23(24-20-8-4-2-5-9-20)25-21-10-6-3-7-11-21/h12-17,20-21H,2-11H2,1H3,(H,24,25)/b17-16+. The van der Waals surface area contributed by atoms with Crippen molar-refractivity contribution in [2.75, 3.05) is 0 Å². The largest absolute Gasteiger partial charge is 0.389 e. The Morgan fingerprint density at radius 3 is 2.30 bits per heavy atom. The zero-order valence-corrected chi connectivity index (χ0v) is 16.5. The van der Waals surface area contributed by atoms with Crippen LogP contribution in [0.5, 0.6) is 0 Å². The number of carbonyl (C=O) groups excluding carboxylic acids is 1. The van der Waals surface area contributed by atoms with Crippen molar-refractivity contribution in [2.45, 2.75) is 83.2 Å². The molecular formula is C23H32N2O2. The lowest BCUT2D eigenvalue weighted by atomic mass is 9.95. The van der Waals surface area contributed by atoms with Gasteiger partial charge < -0.3 is 10.1 Å². The Morgan fingerprint density at radius 1 is 1.00 bits per heavy atom. The predicted octanol–water partition coefficient (Wildman–Crippen LogP) is 5.16. The molecular weight excluding hydrogens is 336 g/mol. The molecule has 1 aromatic carbocycles. The molecule has 0 unspecified atom stereocenters. The van der Waals surface area contributed by atoms with Gasteiger partial charge in [0.2, 0.25) is 0 Å². The maximum absolute atomic E-state index is 12.3. The molecule has 0 heterocycles. The molecule has 2 aliphatic rings. The van der Waals surface area contributed by atoms with Gasteiger partial charge in [0.05, 0.1) is 6.04 Å². The number of ether oxygens (including phenoxy) is 1. The summed E-state index contributed by atoms with van der Waals surface area (Å²) in [6.45, 7) is 2.05. The van der Waals surface area contributed by atoms with Crippen LogP contribution < -0.4 is 5.32 Å². The van der Waals surface area contributed by atoms with E-state index in [4.69, 9.17) is 9.73 Å². The number of esters is 1. The van der Waals surface area contributed by atoms with E-state index in [2.05, 4.69) is 5.32 Å². The third-order valence-corrected chi connectivity index (χ3v) is 5.49. The second kappa shape index (κ2) is 10.3. The van der Waals surface area contributed by atoms with Crippen molar-refractivity contribution in [1.29, 1.82) is 0 Å². The highest BCUT2D eigenvalue weighted by molar-refractivity contribution is 5.96. The molecule has 0 aliphatic heterocycles. The monoisotopic (exact) mass is 368 g/mol. The van der Waals surface area contributed by atoms with Gasteiger partial charge in [0, 0.05) is 12.1 Å². The fraction of sp³-hybridized carbons (Fsp3) is 0.565. The van der Waals surface area contributed by atoms with Crippen LogP contribution in [0.1, 0.15) is 75.3 Å². The van der Waals surface area contributed by atoms with E-state index in [1.165, 1.54) is 50.2 Å². The number of rotatable bonds is 4. The van der Waals surface area contributed by atoms with Crippen molar-refractivity contribution < 1.29 is 9.53 Å². The summed E-state index contributed by atoms with van der Waals surface area (Å²) in [5, 5.41) is 3.41. The first-order valence-corrected chi connectivity index (χ1v) is 10.5. The topological polar surface area (TPSA) is 50.7 Å².